The Labute approximate surface area is 189 Å². The molecule has 0 aromatic heterocycles. The molecule has 3 nitrogen and oxygen atoms in total. The predicted molar refractivity (Wildman–Crippen MR) is 130 cm³/mol. The fourth-order valence-corrected chi connectivity index (χ4v) is 4.07. The number of benzene rings is 4. The van der Waals surface area contributed by atoms with Gasteiger partial charge in [-0.2, -0.15) is 0 Å². The van der Waals surface area contributed by atoms with Crippen molar-refractivity contribution in [2.75, 3.05) is 7.11 Å². The molecular weight excluding hydrogens is 396 g/mol. The van der Waals surface area contributed by atoms with Crippen LogP contribution in [0.25, 0.3) is 33.4 Å². The van der Waals surface area contributed by atoms with E-state index in [0.29, 0.717) is 5.75 Å². The van der Waals surface area contributed by atoms with Crippen molar-refractivity contribution < 1.29 is 14.3 Å². The van der Waals surface area contributed by atoms with E-state index >= 15 is 0 Å². The van der Waals surface area contributed by atoms with E-state index in [1.165, 1.54) is 12.5 Å². The first-order valence-corrected chi connectivity index (χ1v) is 10.6. The van der Waals surface area contributed by atoms with Gasteiger partial charge in [0.15, 0.2) is 0 Å². The zero-order chi connectivity index (χ0) is 22.7. The molecule has 0 atom stereocenters. The quantitative estimate of drug-likeness (QED) is 0.251. The minimum absolute atomic E-state index is 0.315. The van der Waals surface area contributed by atoms with E-state index in [4.69, 9.17) is 9.47 Å². The third-order valence-corrected chi connectivity index (χ3v) is 5.59. The van der Waals surface area contributed by atoms with Gasteiger partial charge in [-0.1, -0.05) is 60.7 Å². The number of methoxy groups -OCH3 is 1. The second kappa shape index (κ2) is 9.11. The summed E-state index contributed by atoms with van der Waals surface area (Å²) >= 11 is 0. The lowest BCUT2D eigenvalue weighted by molar-refractivity contribution is -0.131. The first kappa shape index (κ1) is 21.4. The number of hydrogen-bond acceptors (Lipinski definition) is 3. The second-order valence-electron chi connectivity index (χ2n) is 7.85. The number of carbonyl (C=O) groups is 1. The van der Waals surface area contributed by atoms with Crippen LogP contribution < -0.4 is 9.47 Å². The van der Waals surface area contributed by atoms with Crippen LogP contribution in [0.5, 0.6) is 11.5 Å². The van der Waals surface area contributed by atoms with Gasteiger partial charge in [-0.25, -0.2) is 0 Å². The Hall–Kier alpha value is -3.85. The van der Waals surface area contributed by atoms with E-state index in [9.17, 15) is 4.79 Å². The van der Waals surface area contributed by atoms with E-state index in [0.717, 1.165) is 44.7 Å². The van der Waals surface area contributed by atoms with Gasteiger partial charge in [-0.05, 0) is 82.6 Å². The van der Waals surface area contributed by atoms with Gasteiger partial charge in [0.1, 0.15) is 11.5 Å². The highest BCUT2D eigenvalue weighted by Gasteiger charge is 2.14. The summed E-state index contributed by atoms with van der Waals surface area (Å²) in [6.45, 7) is 5.44. The molecule has 4 aromatic carbocycles. The number of aryl methyl sites for hydroxylation is 2. The van der Waals surface area contributed by atoms with Crippen molar-refractivity contribution in [2.24, 2.45) is 0 Å². The van der Waals surface area contributed by atoms with Gasteiger partial charge >= 0.3 is 5.97 Å². The van der Waals surface area contributed by atoms with E-state index < -0.39 is 0 Å². The van der Waals surface area contributed by atoms with Crippen LogP contribution in [0.4, 0.5) is 0 Å². The number of carbonyl (C=O) groups excluding carboxylic acids is 1. The van der Waals surface area contributed by atoms with E-state index in [1.807, 2.05) is 31.2 Å². The normalized spacial score (nSPS) is 10.6. The molecule has 32 heavy (non-hydrogen) atoms. The van der Waals surface area contributed by atoms with Gasteiger partial charge in [0.25, 0.3) is 0 Å². The maximum atomic E-state index is 11.4. The smallest absolute Gasteiger partial charge is 0.308 e. The van der Waals surface area contributed by atoms with Gasteiger partial charge in [0.05, 0.1) is 7.11 Å². The summed E-state index contributed by atoms with van der Waals surface area (Å²) in [7, 11) is 1.70. The third kappa shape index (κ3) is 4.28. The number of esters is 1. The number of rotatable bonds is 5. The number of ether oxygens (including phenoxy) is 2. The molecule has 0 fully saturated rings. The molecule has 0 saturated heterocycles. The zero-order valence-corrected chi connectivity index (χ0v) is 18.8. The molecule has 4 aromatic rings. The lowest BCUT2D eigenvalue weighted by Crippen LogP contribution is -2.02. The Morgan fingerprint density at radius 2 is 1.06 bits per heavy atom. The van der Waals surface area contributed by atoms with Crippen LogP contribution in [-0.4, -0.2) is 13.1 Å². The molecule has 0 unspecified atom stereocenters. The highest BCUT2D eigenvalue weighted by atomic mass is 16.5. The lowest BCUT2D eigenvalue weighted by Gasteiger charge is -2.16. The maximum Gasteiger partial charge on any atom is 0.308 e. The van der Waals surface area contributed by atoms with Crippen LogP contribution in [0.1, 0.15) is 18.1 Å². The summed E-state index contributed by atoms with van der Waals surface area (Å²) in [4.78, 5) is 11.4. The first-order chi connectivity index (χ1) is 15.5. The molecule has 0 bridgehead atoms. The van der Waals surface area contributed by atoms with Crippen molar-refractivity contribution in [1.29, 1.82) is 0 Å². The van der Waals surface area contributed by atoms with Crippen LogP contribution in [0.15, 0.2) is 84.9 Å². The summed E-state index contributed by atoms with van der Waals surface area (Å²) in [5.74, 6) is 1.16. The minimum Gasteiger partial charge on any atom is -0.496 e. The van der Waals surface area contributed by atoms with E-state index in [-0.39, 0.29) is 5.97 Å². The molecular formula is C29H26O3. The van der Waals surface area contributed by atoms with Crippen LogP contribution in [-0.2, 0) is 4.79 Å². The predicted octanol–water partition coefficient (Wildman–Crippen LogP) is 7.24. The Kier molecular flexibility index (Phi) is 6.09. The molecule has 0 spiro atoms. The molecule has 0 amide bonds. The molecule has 0 aliphatic rings. The van der Waals surface area contributed by atoms with Crippen LogP contribution >= 0.6 is 0 Å². The largest absolute Gasteiger partial charge is 0.496 e. The van der Waals surface area contributed by atoms with Gasteiger partial charge < -0.3 is 9.47 Å². The SMILES string of the molecule is COc1ccc(-c2ccccc2-c2ccccc2-c2ccc(OC(C)=O)c(C)c2)cc1C. The van der Waals surface area contributed by atoms with Crippen molar-refractivity contribution in [1.82, 2.24) is 0 Å². The topological polar surface area (TPSA) is 35.5 Å². The van der Waals surface area contributed by atoms with Crippen molar-refractivity contribution in [3.63, 3.8) is 0 Å². The molecule has 0 heterocycles. The molecule has 0 radical (unpaired) electrons. The van der Waals surface area contributed by atoms with E-state index in [1.54, 1.807) is 7.11 Å². The standard InChI is InChI=1S/C29H26O3/c1-19-17-22(13-15-28(19)31-4)24-9-5-7-11-26(24)27-12-8-6-10-25(27)23-14-16-29(20(2)18-23)32-21(3)30/h5-18H,1-4H3. The third-order valence-electron chi connectivity index (χ3n) is 5.59. The fraction of sp³-hybridized carbons (Fsp3) is 0.138. The zero-order valence-electron chi connectivity index (χ0n) is 18.8. The lowest BCUT2D eigenvalue weighted by atomic mass is 9.88. The van der Waals surface area contributed by atoms with Gasteiger partial charge in [-0.3, -0.25) is 4.79 Å². The summed E-state index contributed by atoms with van der Waals surface area (Å²) in [6.07, 6.45) is 0. The van der Waals surface area contributed by atoms with Crippen molar-refractivity contribution in [2.45, 2.75) is 20.8 Å². The number of hydrogen-bond donors (Lipinski definition) is 0. The summed E-state index contributed by atoms with van der Waals surface area (Å²) in [5.41, 5.74) is 8.85. The monoisotopic (exact) mass is 422 g/mol. The molecule has 3 heteroatoms. The summed E-state index contributed by atoms with van der Waals surface area (Å²) < 4.78 is 10.7. The van der Waals surface area contributed by atoms with Gasteiger partial charge in [0, 0.05) is 6.92 Å². The van der Waals surface area contributed by atoms with Crippen molar-refractivity contribution in [3.05, 3.63) is 96.1 Å². The Bertz CT molecular complexity index is 1290. The van der Waals surface area contributed by atoms with Crippen LogP contribution in [0.2, 0.25) is 0 Å². The highest BCUT2D eigenvalue weighted by Crippen LogP contribution is 2.39. The first-order valence-electron chi connectivity index (χ1n) is 10.6. The maximum absolute atomic E-state index is 11.4. The molecule has 0 N–H and O–H groups in total. The van der Waals surface area contributed by atoms with Crippen molar-refractivity contribution in [3.8, 4) is 44.9 Å². The molecule has 0 aliphatic carbocycles. The van der Waals surface area contributed by atoms with Gasteiger partial charge in [-0.15, -0.1) is 0 Å². The summed E-state index contributed by atoms with van der Waals surface area (Å²) in [5, 5.41) is 0. The average Bonchev–Trinajstić information content (AvgIpc) is 2.80. The van der Waals surface area contributed by atoms with Crippen molar-refractivity contribution >= 4 is 5.97 Å². The average molecular weight is 423 g/mol. The molecule has 0 saturated carbocycles. The Morgan fingerprint density at radius 1 is 0.625 bits per heavy atom. The van der Waals surface area contributed by atoms with Crippen LogP contribution in [0, 0.1) is 13.8 Å². The molecule has 4 rings (SSSR count). The summed E-state index contributed by atoms with van der Waals surface area (Å²) in [6, 6.07) is 29.1. The minimum atomic E-state index is -0.315. The fourth-order valence-electron chi connectivity index (χ4n) is 4.07. The second-order valence-corrected chi connectivity index (χ2v) is 7.85. The van der Waals surface area contributed by atoms with Gasteiger partial charge in [0.2, 0.25) is 0 Å². The molecule has 160 valence electrons. The van der Waals surface area contributed by atoms with Crippen LogP contribution in [0.3, 0.4) is 0 Å². The Balaban J connectivity index is 1.83. The Morgan fingerprint density at radius 3 is 1.47 bits per heavy atom. The van der Waals surface area contributed by atoms with E-state index in [2.05, 4.69) is 67.6 Å². The molecule has 0 aliphatic heterocycles. The highest BCUT2D eigenvalue weighted by molar-refractivity contribution is 5.92.